The van der Waals surface area contributed by atoms with Gasteiger partial charge in [0.05, 0.1) is 11.6 Å². The van der Waals surface area contributed by atoms with Gasteiger partial charge >= 0.3 is 0 Å². The van der Waals surface area contributed by atoms with Crippen molar-refractivity contribution in [3.63, 3.8) is 0 Å². The van der Waals surface area contributed by atoms with Crippen molar-refractivity contribution in [2.45, 2.75) is 25.2 Å². The van der Waals surface area contributed by atoms with Gasteiger partial charge in [-0.3, -0.25) is 0 Å². The van der Waals surface area contributed by atoms with Crippen LogP contribution in [0.25, 0.3) is 0 Å². The van der Waals surface area contributed by atoms with Crippen molar-refractivity contribution >= 4 is 24.8 Å². The molecule has 118 valence electrons. The molecular formula is C15H22Cl2FN3. The van der Waals surface area contributed by atoms with Gasteiger partial charge in [-0.2, -0.15) is 5.26 Å². The third-order valence-electron chi connectivity index (χ3n) is 3.84. The summed E-state index contributed by atoms with van der Waals surface area (Å²) in [6, 6.07) is 6.68. The molecule has 2 rings (SSSR count). The molecule has 2 N–H and O–H groups in total. The number of piperidine rings is 1. The molecular weight excluding hydrogens is 312 g/mol. The maximum Gasteiger partial charge on any atom is 0.124 e. The van der Waals surface area contributed by atoms with Gasteiger partial charge in [-0.15, -0.1) is 24.8 Å². The SMILES string of the molecule is Cl.Cl.N#Cc1cc(F)ccc1C1CCN(CCCN)CC1. The summed E-state index contributed by atoms with van der Waals surface area (Å²) in [4.78, 5) is 2.42. The van der Waals surface area contributed by atoms with Gasteiger partial charge in [0.15, 0.2) is 0 Å². The molecule has 0 spiro atoms. The normalized spacial score (nSPS) is 15.7. The van der Waals surface area contributed by atoms with E-state index < -0.39 is 0 Å². The Kier molecular flexibility index (Phi) is 9.56. The van der Waals surface area contributed by atoms with Crippen LogP contribution in [-0.2, 0) is 0 Å². The van der Waals surface area contributed by atoms with Gasteiger partial charge in [-0.25, -0.2) is 4.39 Å². The number of hydrogen-bond donors (Lipinski definition) is 1. The van der Waals surface area contributed by atoms with E-state index in [0.29, 0.717) is 11.5 Å². The number of nitriles is 1. The first kappa shape index (κ1) is 20.1. The Hall–Kier alpha value is -0.860. The Balaban J connectivity index is 0.00000200. The zero-order valence-corrected chi connectivity index (χ0v) is 13.6. The van der Waals surface area contributed by atoms with Gasteiger partial charge in [-0.05, 0) is 69.1 Å². The summed E-state index contributed by atoms with van der Waals surface area (Å²) in [6.07, 6.45) is 3.10. The lowest BCUT2D eigenvalue weighted by atomic mass is 9.86. The van der Waals surface area contributed by atoms with Gasteiger partial charge in [-0.1, -0.05) is 6.07 Å². The minimum atomic E-state index is -0.333. The second-order valence-corrected chi connectivity index (χ2v) is 5.10. The molecule has 21 heavy (non-hydrogen) atoms. The van der Waals surface area contributed by atoms with Crippen molar-refractivity contribution in [2.24, 2.45) is 5.73 Å². The summed E-state index contributed by atoms with van der Waals surface area (Å²) in [5.41, 5.74) is 7.01. The summed E-state index contributed by atoms with van der Waals surface area (Å²) >= 11 is 0. The highest BCUT2D eigenvalue weighted by Gasteiger charge is 2.22. The molecule has 6 heteroatoms. The van der Waals surface area contributed by atoms with Crippen LogP contribution in [0.1, 0.15) is 36.3 Å². The van der Waals surface area contributed by atoms with E-state index in [1.807, 2.05) is 0 Å². The Morgan fingerprint density at radius 3 is 2.52 bits per heavy atom. The molecule has 1 saturated heterocycles. The first-order valence-electron chi connectivity index (χ1n) is 6.86. The number of hydrogen-bond acceptors (Lipinski definition) is 3. The zero-order valence-electron chi connectivity index (χ0n) is 11.9. The van der Waals surface area contributed by atoms with Crippen molar-refractivity contribution in [3.05, 3.63) is 35.1 Å². The van der Waals surface area contributed by atoms with E-state index in [2.05, 4.69) is 11.0 Å². The molecule has 3 nitrogen and oxygen atoms in total. The van der Waals surface area contributed by atoms with Crippen LogP contribution >= 0.6 is 24.8 Å². The lowest BCUT2D eigenvalue weighted by Gasteiger charge is -2.32. The molecule has 1 fully saturated rings. The zero-order chi connectivity index (χ0) is 13.7. The molecule has 1 aromatic rings. The number of likely N-dealkylation sites (tertiary alicyclic amines) is 1. The van der Waals surface area contributed by atoms with Gasteiger partial charge < -0.3 is 10.6 Å². The Morgan fingerprint density at radius 1 is 1.29 bits per heavy atom. The summed E-state index contributed by atoms with van der Waals surface area (Å²) < 4.78 is 13.1. The Bertz CT molecular complexity index is 468. The first-order chi connectivity index (χ1) is 9.24. The largest absolute Gasteiger partial charge is 0.330 e. The molecule has 0 saturated carbocycles. The third kappa shape index (κ3) is 5.44. The molecule has 1 aliphatic rings. The highest BCUT2D eigenvalue weighted by atomic mass is 35.5. The lowest BCUT2D eigenvalue weighted by molar-refractivity contribution is 0.211. The topological polar surface area (TPSA) is 53.0 Å². The van der Waals surface area contributed by atoms with Crippen molar-refractivity contribution in [3.8, 4) is 6.07 Å². The number of nitrogens with two attached hydrogens (primary N) is 1. The fourth-order valence-corrected chi connectivity index (χ4v) is 2.76. The van der Waals surface area contributed by atoms with Crippen LogP contribution < -0.4 is 5.73 Å². The highest BCUT2D eigenvalue weighted by molar-refractivity contribution is 5.85. The maximum absolute atomic E-state index is 13.1. The molecule has 0 atom stereocenters. The lowest BCUT2D eigenvalue weighted by Crippen LogP contribution is -2.34. The monoisotopic (exact) mass is 333 g/mol. The average Bonchev–Trinajstić information content (AvgIpc) is 2.45. The minimum absolute atomic E-state index is 0. The van der Waals surface area contributed by atoms with Gasteiger partial charge in [0, 0.05) is 0 Å². The van der Waals surface area contributed by atoms with Crippen LogP contribution in [0.5, 0.6) is 0 Å². The summed E-state index contributed by atoms with van der Waals surface area (Å²) in [6.45, 7) is 3.86. The highest BCUT2D eigenvalue weighted by Crippen LogP contribution is 2.30. The Morgan fingerprint density at radius 2 is 1.95 bits per heavy atom. The van der Waals surface area contributed by atoms with E-state index in [1.165, 1.54) is 12.1 Å². The van der Waals surface area contributed by atoms with E-state index >= 15 is 0 Å². The summed E-state index contributed by atoms with van der Waals surface area (Å²) in [5, 5.41) is 9.10. The van der Waals surface area contributed by atoms with Crippen molar-refractivity contribution in [2.75, 3.05) is 26.2 Å². The molecule has 0 aliphatic carbocycles. The van der Waals surface area contributed by atoms with Crippen LogP contribution in [-0.4, -0.2) is 31.1 Å². The van der Waals surface area contributed by atoms with E-state index in [9.17, 15) is 4.39 Å². The van der Waals surface area contributed by atoms with Crippen LogP contribution in [0.4, 0.5) is 4.39 Å². The maximum atomic E-state index is 13.1. The third-order valence-corrected chi connectivity index (χ3v) is 3.84. The number of rotatable bonds is 4. The number of benzene rings is 1. The molecule has 0 radical (unpaired) electrons. The van der Waals surface area contributed by atoms with Gasteiger partial charge in [0.25, 0.3) is 0 Å². The quantitative estimate of drug-likeness (QED) is 0.921. The Labute approximate surface area is 138 Å². The first-order valence-corrected chi connectivity index (χ1v) is 6.86. The van der Waals surface area contributed by atoms with E-state index in [-0.39, 0.29) is 30.6 Å². The number of nitrogens with zero attached hydrogens (tertiary/aromatic N) is 2. The smallest absolute Gasteiger partial charge is 0.124 e. The van der Waals surface area contributed by atoms with Gasteiger partial charge in [0.1, 0.15) is 5.82 Å². The summed E-state index contributed by atoms with van der Waals surface area (Å²) in [7, 11) is 0. The fraction of sp³-hybridized carbons (Fsp3) is 0.533. The van der Waals surface area contributed by atoms with Crippen molar-refractivity contribution < 1.29 is 4.39 Å². The van der Waals surface area contributed by atoms with Gasteiger partial charge in [0.2, 0.25) is 0 Å². The predicted octanol–water partition coefficient (Wildman–Crippen LogP) is 3.07. The second-order valence-electron chi connectivity index (χ2n) is 5.10. The molecule has 1 heterocycles. The standard InChI is InChI=1S/C15H20FN3.2ClH/c16-14-2-3-15(13(10-14)11-18)12-4-8-19(9-5-12)7-1-6-17;;/h2-3,10,12H,1,4-9,17H2;2*1H. The molecule has 0 bridgehead atoms. The molecule has 1 aromatic carbocycles. The molecule has 0 amide bonds. The molecule has 0 unspecified atom stereocenters. The van der Waals surface area contributed by atoms with E-state index in [1.54, 1.807) is 6.07 Å². The minimum Gasteiger partial charge on any atom is -0.330 e. The van der Waals surface area contributed by atoms with Crippen LogP contribution in [0.2, 0.25) is 0 Å². The fourth-order valence-electron chi connectivity index (χ4n) is 2.76. The van der Waals surface area contributed by atoms with Crippen LogP contribution in [0, 0.1) is 17.1 Å². The van der Waals surface area contributed by atoms with E-state index in [4.69, 9.17) is 11.0 Å². The van der Waals surface area contributed by atoms with Crippen molar-refractivity contribution in [1.82, 2.24) is 4.90 Å². The second kappa shape index (κ2) is 9.97. The summed E-state index contributed by atoms with van der Waals surface area (Å²) in [5.74, 6) is 0.0464. The van der Waals surface area contributed by atoms with E-state index in [0.717, 1.165) is 51.0 Å². The average molecular weight is 334 g/mol. The van der Waals surface area contributed by atoms with Crippen LogP contribution in [0.15, 0.2) is 18.2 Å². The number of halogens is 3. The predicted molar refractivity (Wildman–Crippen MR) is 87.7 cm³/mol. The van der Waals surface area contributed by atoms with Crippen molar-refractivity contribution in [1.29, 1.82) is 5.26 Å². The van der Waals surface area contributed by atoms with Crippen LogP contribution in [0.3, 0.4) is 0 Å². The molecule has 1 aliphatic heterocycles. The molecule has 0 aromatic heterocycles.